The van der Waals surface area contributed by atoms with Crippen molar-refractivity contribution < 1.29 is 9.90 Å². The van der Waals surface area contributed by atoms with Crippen LogP contribution in [-0.2, 0) is 4.79 Å². The first-order valence-corrected chi connectivity index (χ1v) is 7.43. The number of carbonyl (C=O) groups excluding carboxylic acids is 1. The molecule has 0 aromatic carbocycles. The lowest BCUT2D eigenvalue weighted by Gasteiger charge is -2.25. The second kappa shape index (κ2) is 6.61. The molecule has 0 bridgehead atoms. The van der Waals surface area contributed by atoms with Crippen molar-refractivity contribution >= 4 is 17.7 Å². The molecule has 1 aliphatic heterocycles. The van der Waals surface area contributed by atoms with E-state index in [4.69, 9.17) is 0 Å². The van der Waals surface area contributed by atoms with Crippen molar-refractivity contribution in [1.29, 1.82) is 0 Å². The number of carbonyl (C=O) groups is 1. The molecular weight excluding hydrogens is 236 g/mol. The maximum atomic E-state index is 11.8. The van der Waals surface area contributed by atoms with Crippen molar-refractivity contribution in [3.63, 3.8) is 0 Å². The van der Waals surface area contributed by atoms with Gasteiger partial charge in [0, 0.05) is 24.9 Å². The first kappa shape index (κ1) is 14.8. The van der Waals surface area contributed by atoms with Crippen LogP contribution in [0.5, 0.6) is 0 Å². The lowest BCUT2D eigenvalue weighted by Crippen LogP contribution is -2.49. The summed E-state index contributed by atoms with van der Waals surface area (Å²) in [5, 5.41) is 12.9. The Morgan fingerprint density at radius 2 is 2.35 bits per heavy atom. The quantitative estimate of drug-likeness (QED) is 0.738. The van der Waals surface area contributed by atoms with Gasteiger partial charge in [-0.3, -0.25) is 4.79 Å². The van der Waals surface area contributed by atoms with Crippen LogP contribution in [0.25, 0.3) is 0 Å². The molecule has 5 heteroatoms. The third-order valence-electron chi connectivity index (χ3n) is 3.52. The van der Waals surface area contributed by atoms with Gasteiger partial charge in [-0.15, -0.1) is 0 Å². The molecule has 0 spiro atoms. The van der Waals surface area contributed by atoms with Crippen LogP contribution >= 0.6 is 11.8 Å². The normalized spacial score (nSPS) is 26.2. The van der Waals surface area contributed by atoms with Gasteiger partial charge < -0.3 is 15.3 Å². The average Bonchev–Trinajstić information content (AvgIpc) is 2.76. The molecule has 0 aliphatic carbocycles. The molecule has 2 atom stereocenters. The maximum Gasteiger partial charge on any atom is 0.252 e. The summed E-state index contributed by atoms with van der Waals surface area (Å²) in [7, 11) is 2.06. The van der Waals surface area contributed by atoms with E-state index >= 15 is 0 Å². The summed E-state index contributed by atoms with van der Waals surface area (Å²) in [5.74, 6) is 1.19. The first-order valence-electron chi connectivity index (χ1n) is 6.28. The minimum absolute atomic E-state index is 0.208. The monoisotopic (exact) mass is 260 g/mol. The van der Waals surface area contributed by atoms with Crippen LogP contribution in [0.4, 0.5) is 0 Å². The highest BCUT2D eigenvalue weighted by Crippen LogP contribution is 2.27. The van der Waals surface area contributed by atoms with Crippen LogP contribution < -0.4 is 5.32 Å². The summed E-state index contributed by atoms with van der Waals surface area (Å²) < 4.78 is 0. The molecule has 1 aliphatic rings. The third kappa shape index (κ3) is 4.16. The number of rotatable bonds is 6. The fourth-order valence-corrected chi connectivity index (χ4v) is 3.02. The number of hydrogen-bond donors (Lipinski definition) is 2. The van der Waals surface area contributed by atoms with Gasteiger partial charge in [-0.05, 0) is 32.6 Å². The average molecular weight is 260 g/mol. The Labute approximate surface area is 108 Å². The maximum absolute atomic E-state index is 11.8. The summed E-state index contributed by atoms with van der Waals surface area (Å²) in [6.45, 7) is 5.75. The zero-order chi connectivity index (χ0) is 12.9. The molecule has 17 heavy (non-hydrogen) atoms. The molecule has 1 rings (SSSR count). The Morgan fingerprint density at radius 1 is 1.65 bits per heavy atom. The van der Waals surface area contributed by atoms with Gasteiger partial charge in [-0.25, -0.2) is 0 Å². The highest BCUT2D eigenvalue weighted by molar-refractivity contribution is 7.99. The van der Waals surface area contributed by atoms with Crippen LogP contribution in [0, 0.1) is 0 Å². The van der Waals surface area contributed by atoms with Crippen molar-refractivity contribution in [3.8, 4) is 0 Å². The predicted molar refractivity (Wildman–Crippen MR) is 72.3 cm³/mol. The number of hydrogen-bond acceptors (Lipinski definition) is 4. The van der Waals surface area contributed by atoms with Crippen molar-refractivity contribution in [2.75, 3.05) is 31.6 Å². The van der Waals surface area contributed by atoms with E-state index in [9.17, 15) is 9.90 Å². The van der Waals surface area contributed by atoms with Gasteiger partial charge in [-0.2, -0.15) is 11.8 Å². The molecule has 0 radical (unpaired) electrons. The van der Waals surface area contributed by atoms with E-state index in [0.29, 0.717) is 24.8 Å². The largest absolute Gasteiger partial charge is 0.379 e. The Balaban J connectivity index is 2.24. The Bertz CT molecular complexity index is 255. The van der Waals surface area contributed by atoms with Crippen molar-refractivity contribution in [2.24, 2.45) is 0 Å². The highest BCUT2D eigenvalue weighted by Gasteiger charge is 2.39. The van der Waals surface area contributed by atoms with Gasteiger partial charge >= 0.3 is 0 Å². The topological polar surface area (TPSA) is 52.6 Å². The second-order valence-electron chi connectivity index (χ2n) is 4.83. The van der Waals surface area contributed by atoms with Gasteiger partial charge in [0.25, 0.3) is 5.91 Å². The molecule has 1 heterocycles. The third-order valence-corrected chi connectivity index (χ3v) is 4.69. The summed E-state index contributed by atoms with van der Waals surface area (Å²) in [4.78, 5) is 14.0. The number of nitrogens with one attached hydrogen (secondary N) is 1. The summed E-state index contributed by atoms with van der Waals surface area (Å²) in [5.41, 5.74) is -1.13. The molecule has 1 amide bonds. The van der Waals surface area contributed by atoms with E-state index in [0.717, 1.165) is 18.7 Å². The molecular formula is C12H24N2O2S. The number of thioether (sulfide) groups is 1. The standard InChI is InChI=1S/C12H24N2O2S/c1-4-10(2)14(3)7-6-13-11(15)12(16)5-8-17-9-12/h10,16H,4-9H2,1-3H3,(H,13,15). The number of likely N-dealkylation sites (N-methyl/N-ethyl adjacent to an activating group) is 1. The van der Waals surface area contributed by atoms with Crippen LogP contribution in [0.1, 0.15) is 26.7 Å². The smallest absolute Gasteiger partial charge is 0.252 e. The predicted octanol–water partition coefficient (Wildman–Crippen LogP) is 0.701. The van der Waals surface area contributed by atoms with Gasteiger partial charge in [0.1, 0.15) is 0 Å². The number of amides is 1. The molecule has 0 aromatic rings. The van der Waals surface area contributed by atoms with E-state index in [-0.39, 0.29) is 5.91 Å². The molecule has 4 nitrogen and oxygen atoms in total. The van der Waals surface area contributed by atoms with E-state index < -0.39 is 5.60 Å². The van der Waals surface area contributed by atoms with E-state index in [1.54, 1.807) is 11.8 Å². The first-order chi connectivity index (χ1) is 7.99. The fraction of sp³-hybridized carbons (Fsp3) is 0.917. The molecule has 0 saturated carbocycles. The molecule has 1 fully saturated rings. The second-order valence-corrected chi connectivity index (χ2v) is 5.93. The van der Waals surface area contributed by atoms with E-state index in [2.05, 4.69) is 31.1 Å². The number of nitrogens with zero attached hydrogens (tertiary/aromatic N) is 1. The Morgan fingerprint density at radius 3 is 2.88 bits per heavy atom. The zero-order valence-corrected chi connectivity index (χ0v) is 11.8. The zero-order valence-electron chi connectivity index (χ0n) is 11.0. The summed E-state index contributed by atoms with van der Waals surface area (Å²) in [6.07, 6.45) is 1.68. The fourth-order valence-electron chi connectivity index (χ4n) is 1.78. The molecule has 0 aromatic heterocycles. The van der Waals surface area contributed by atoms with Gasteiger partial charge in [0.2, 0.25) is 0 Å². The van der Waals surface area contributed by atoms with Gasteiger partial charge in [0.05, 0.1) is 0 Å². The Hall–Kier alpha value is -0.260. The van der Waals surface area contributed by atoms with Crippen LogP contribution in [0.15, 0.2) is 0 Å². The molecule has 100 valence electrons. The van der Waals surface area contributed by atoms with E-state index in [1.807, 2.05) is 0 Å². The minimum Gasteiger partial charge on any atom is -0.379 e. The molecule has 1 saturated heterocycles. The van der Waals surface area contributed by atoms with Gasteiger partial charge in [0.15, 0.2) is 5.60 Å². The van der Waals surface area contributed by atoms with Crippen LogP contribution in [0.2, 0.25) is 0 Å². The molecule has 2 N–H and O–H groups in total. The lowest BCUT2D eigenvalue weighted by atomic mass is 10.0. The highest BCUT2D eigenvalue weighted by atomic mass is 32.2. The Kier molecular flexibility index (Phi) is 5.76. The summed E-state index contributed by atoms with van der Waals surface area (Å²) in [6, 6.07) is 0.525. The summed E-state index contributed by atoms with van der Waals surface area (Å²) >= 11 is 1.64. The van der Waals surface area contributed by atoms with Crippen molar-refractivity contribution in [3.05, 3.63) is 0 Å². The van der Waals surface area contributed by atoms with Gasteiger partial charge in [-0.1, -0.05) is 6.92 Å². The SMILES string of the molecule is CCC(C)N(C)CCNC(=O)C1(O)CCSC1. The number of aliphatic hydroxyl groups is 1. The molecule has 2 unspecified atom stereocenters. The van der Waals surface area contributed by atoms with Crippen molar-refractivity contribution in [1.82, 2.24) is 10.2 Å². The van der Waals surface area contributed by atoms with Crippen LogP contribution in [-0.4, -0.2) is 59.2 Å². The van der Waals surface area contributed by atoms with E-state index in [1.165, 1.54) is 0 Å². The lowest BCUT2D eigenvalue weighted by molar-refractivity contribution is -0.137. The van der Waals surface area contributed by atoms with Crippen molar-refractivity contribution in [2.45, 2.75) is 38.3 Å². The minimum atomic E-state index is -1.13. The van der Waals surface area contributed by atoms with Crippen LogP contribution in [0.3, 0.4) is 0 Å².